The van der Waals surface area contributed by atoms with Crippen molar-refractivity contribution in [2.24, 2.45) is 0 Å². The average Bonchev–Trinajstić information content (AvgIpc) is 2.83. The number of imidazole rings is 1. The SMILES string of the molecule is Cc1nsc(N)c1-c1nc2cc(Cl)c(Cl)cc2[nH]1. The molecule has 3 aromatic rings. The summed E-state index contributed by atoms with van der Waals surface area (Å²) in [6.45, 7) is 1.90. The zero-order chi connectivity index (χ0) is 12.9. The van der Waals surface area contributed by atoms with E-state index in [-0.39, 0.29) is 0 Å². The van der Waals surface area contributed by atoms with Crippen molar-refractivity contribution in [3.63, 3.8) is 0 Å². The van der Waals surface area contributed by atoms with E-state index in [1.165, 1.54) is 11.5 Å². The lowest BCUT2D eigenvalue weighted by Crippen LogP contribution is -1.87. The lowest BCUT2D eigenvalue weighted by molar-refractivity contribution is 1.28. The van der Waals surface area contributed by atoms with Gasteiger partial charge in [0.1, 0.15) is 10.8 Å². The Morgan fingerprint density at radius 1 is 1.28 bits per heavy atom. The Morgan fingerprint density at radius 3 is 2.67 bits per heavy atom. The van der Waals surface area contributed by atoms with Crippen LogP contribution in [0.25, 0.3) is 22.4 Å². The van der Waals surface area contributed by atoms with Gasteiger partial charge in [0.25, 0.3) is 0 Å². The van der Waals surface area contributed by atoms with Crippen LogP contribution < -0.4 is 5.73 Å². The Hall–Kier alpha value is -1.30. The molecule has 0 saturated carbocycles. The fourth-order valence-corrected chi connectivity index (χ4v) is 2.78. The molecule has 4 nitrogen and oxygen atoms in total. The zero-order valence-corrected chi connectivity index (χ0v) is 11.6. The molecule has 0 unspecified atom stereocenters. The Labute approximate surface area is 117 Å². The van der Waals surface area contributed by atoms with Gasteiger partial charge in [0.05, 0.1) is 32.3 Å². The third-order valence-electron chi connectivity index (χ3n) is 2.65. The van der Waals surface area contributed by atoms with E-state index in [1.807, 2.05) is 6.92 Å². The van der Waals surface area contributed by atoms with Crippen molar-refractivity contribution in [2.75, 3.05) is 5.73 Å². The van der Waals surface area contributed by atoms with E-state index in [9.17, 15) is 0 Å². The number of aromatic nitrogens is 3. The second-order valence-corrected chi connectivity index (χ2v) is 5.50. The minimum atomic E-state index is 0.482. The monoisotopic (exact) mass is 298 g/mol. The second kappa shape index (κ2) is 4.12. The number of anilines is 1. The van der Waals surface area contributed by atoms with Gasteiger partial charge in [0, 0.05) is 0 Å². The molecule has 0 bridgehead atoms. The van der Waals surface area contributed by atoms with E-state index in [2.05, 4.69) is 14.3 Å². The predicted molar refractivity (Wildman–Crippen MR) is 76.4 cm³/mol. The summed E-state index contributed by atoms with van der Waals surface area (Å²) in [6, 6.07) is 3.48. The van der Waals surface area contributed by atoms with Crippen LogP contribution in [0.15, 0.2) is 12.1 Å². The summed E-state index contributed by atoms with van der Waals surface area (Å²) in [6.07, 6.45) is 0. The number of nitrogens with one attached hydrogen (secondary N) is 1. The standard InChI is InChI=1S/C11H8Cl2N4S/c1-4-9(10(14)18-17-4)11-15-7-2-5(12)6(13)3-8(7)16-11/h2-3H,14H2,1H3,(H,15,16). The molecule has 2 heterocycles. The molecule has 1 aromatic carbocycles. The van der Waals surface area contributed by atoms with Crippen LogP contribution in [-0.4, -0.2) is 14.3 Å². The fourth-order valence-electron chi connectivity index (χ4n) is 1.80. The molecule has 0 spiro atoms. The summed E-state index contributed by atoms with van der Waals surface area (Å²) in [4.78, 5) is 7.65. The van der Waals surface area contributed by atoms with E-state index in [0.717, 1.165) is 22.3 Å². The van der Waals surface area contributed by atoms with Crippen LogP contribution >= 0.6 is 34.7 Å². The number of nitrogen functional groups attached to an aromatic ring is 1. The Kier molecular flexibility index (Phi) is 2.69. The number of aromatic amines is 1. The van der Waals surface area contributed by atoms with Crippen molar-refractivity contribution in [3.8, 4) is 11.4 Å². The van der Waals surface area contributed by atoms with E-state index in [4.69, 9.17) is 28.9 Å². The van der Waals surface area contributed by atoms with Crippen molar-refractivity contribution in [2.45, 2.75) is 6.92 Å². The lowest BCUT2D eigenvalue weighted by atomic mass is 10.2. The largest absolute Gasteiger partial charge is 0.389 e. The maximum atomic E-state index is 5.97. The van der Waals surface area contributed by atoms with Crippen LogP contribution in [0.5, 0.6) is 0 Å². The van der Waals surface area contributed by atoms with Gasteiger partial charge in [-0.1, -0.05) is 23.2 Å². The molecule has 0 fully saturated rings. The van der Waals surface area contributed by atoms with Gasteiger partial charge in [-0.2, -0.15) is 4.37 Å². The van der Waals surface area contributed by atoms with E-state index >= 15 is 0 Å². The third kappa shape index (κ3) is 1.75. The molecule has 0 amide bonds. The van der Waals surface area contributed by atoms with Crippen LogP contribution in [0.4, 0.5) is 5.00 Å². The van der Waals surface area contributed by atoms with Crippen molar-refractivity contribution in [3.05, 3.63) is 27.9 Å². The smallest absolute Gasteiger partial charge is 0.143 e. The first-order chi connectivity index (χ1) is 8.56. The summed E-state index contributed by atoms with van der Waals surface area (Å²) >= 11 is 13.2. The Morgan fingerprint density at radius 2 is 2.00 bits per heavy atom. The first-order valence-corrected chi connectivity index (χ1v) is 6.66. The minimum Gasteiger partial charge on any atom is -0.389 e. The van der Waals surface area contributed by atoms with Gasteiger partial charge in [-0.25, -0.2) is 4.98 Å². The number of hydrogen-bond donors (Lipinski definition) is 2. The molecule has 0 radical (unpaired) electrons. The lowest BCUT2D eigenvalue weighted by Gasteiger charge is -1.94. The van der Waals surface area contributed by atoms with Crippen LogP contribution in [0.3, 0.4) is 0 Å². The van der Waals surface area contributed by atoms with Crippen LogP contribution in [0.1, 0.15) is 5.69 Å². The van der Waals surface area contributed by atoms with Gasteiger partial charge < -0.3 is 10.7 Å². The second-order valence-electron chi connectivity index (χ2n) is 3.88. The van der Waals surface area contributed by atoms with Gasteiger partial charge in [-0.15, -0.1) is 0 Å². The summed E-state index contributed by atoms with van der Waals surface area (Å²) in [5.41, 5.74) is 9.17. The molecule has 0 saturated heterocycles. The number of benzene rings is 1. The quantitative estimate of drug-likeness (QED) is 0.716. The van der Waals surface area contributed by atoms with Gasteiger partial charge in [-0.3, -0.25) is 0 Å². The predicted octanol–water partition coefficient (Wildman–Crippen LogP) is 3.88. The Bertz CT molecular complexity index is 688. The highest BCUT2D eigenvalue weighted by Gasteiger charge is 2.15. The molecular weight excluding hydrogens is 291 g/mol. The van der Waals surface area contributed by atoms with Crippen molar-refractivity contribution < 1.29 is 0 Å². The summed E-state index contributed by atoms with van der Waals surface area (Å²) < 4.78 is 4.20. The van der Waals surface area contributed by atoms with Gasteiger partial charge in [-0.05, 0) is 30.6 Å². The molecule has 92 valence electrons. The van der Waals surface area contributed by atoms with Crippen LogP contribution in [0, 0.1) is 6.92 Å². The first kappa shape index (κ1) is 11.8. The van der Waals surface area contributed by atoms with Gasteiger partial charge in [0.2, 0.25) is 0 Å². The minimum absolute atomic E-state index is 0.482. The van der Waals surface area contributed by atoms with Crippen molar-refractivity contribution in [1.29, 1.82) is 0 Å². The van der Waals surface area contributed by atoms with Crippen LogP contribution in [-0.2, 0) is 0 Å². The average molecular weight is 299 g/mol. The van der Waals surface area contributed by atoms with E-state index < -0.39 is 0 Å². The number of H-pyrrole nitrogens is 1. The highest BCUT2D eigenvalue weighted by Crippen LogP contribution is 2.33. The molecule has 18 heavy (non-hydrogen) atoms. The molecule has 3 N–H and O–H groups in total. The van der Waals surface area contributed by atoms with E-state index in [0.29, 0.717) is 20.9 Å². The highest BCUT2D eigenvalue weighted by atomic mass is 35.5. The maximum Gasteiger partial charge on any atom is 0.143 e. The molecule has 0 aliphatic heterocycles. The number of fused-ring (bicyclic) bond motifs is 1. The molecule has 0 aliphatic carbocycles. The number of halogens is 2. The number of nitrogens with two attached hydrogens (primary N) is 1. The van der Waals surface area contributed by atoms with Gasteiger partial charge >= 0.3 is 0 Å². The normalized spacial score (nSPS) is 11.3. The zero-order valence-electron chi connectivity index (χ0n) is 9.29. The van der Waals surface area contributed by atoms with Crippen molar-refractivity contribution >= 4 is 50.8 Å². The first-order valence-electron chi connectivity index (χ1n) is 5.13. The fraction of sp³-hybridized carbons (Fsp3) is 0.0909. The Balaban J connectivity index is 2.26. The maximum absolute atomic E-state index is 5.97. The number of rotatable bonds is 1. The molecule has 0 atom stereocenters. The molecule has 0 aliphatic rings. The number of nitrogens with zero attached hydrogens (tertiary/aromatic N) is 2. The third-order valence-corrected chi connectivity index (χ3v) is 4.14. The number of hydrogen-bond acceptors (Lipinski definition) is 4. The summed E-state index contributed by atoms with van der Waals surface area (Å²) in [5.74, 6) is 0.687. The molecule has 2 aromatic heterocycles. The summed E-state index contributed by atoms with van der Waals surface area (Å²) in [7, 11) is 0. The highest BCUT2D eigenvalue weighted by molar-refractivity contribution is 7.10. The molecule has 7 heteroatoms. The molecule has 3 rings (SSSR count). The van der Waals surface area contributed by atoms with Crippen LogP contribution in [0.2, 0.25) is 10.0 Å². The molecular formula is C11H8Cl2N4S. The van der Waals surface area contributed by atoms with Gasteiger partial charge in [0.15, 0.2) is 0 Å². The topological polar surface area (TPSA) is 67.6 Å². The number of aryl methyl sites for hydroxylation is 1. The van der Waals surface area contributed by atoms with Crippen molar-refractivity contribution in [1.82, 2.24) is 14.3 Å². The summed E-state index contributed by atoms with van der Waals surface area (Å²) in [5, 5.41) is 1.62. The van der Waals surface area contributed by atoms with E-state index in [1.54, 1.807) is 12.1 Å².